The van der Waals surface area contributed by atoms with E-state index in [4.69, 9.17) is 10.00 Å². The maximum absolute atomic E-state index is 8.93. The minimum absolute atomic E-state index is 0.314. The average molecular weight is 193 g/mol. The van der Waals surface area contributed by atoms with Gasteiger partial charge >= 0.3 is 0 Å². The third-order valence-electron chi connectivity index (χ3n) is 1.68. The molecule has 1 aromatic heterocycles. The van der Waals surface area contributed by atoms with Crippen molar-refractivity contribution in [3.05, 3.63) is 11.3 Å². The number of hydrogen-bond acceptors (Lipinski definition) is 3. The first-order chi connectivity index (χ1) is 6.35. The fourth-order valence-corrected chi connectivity index (χ4v) is 1.17. The highest BCUT2D eigenvalue weighted by Gasteiger charge is 2.20. The second-order valence-corrected chi connectivity index (χ2v) is 4.22. The molecule has 0 fully saturated rings. The molecule has 1 aromatic rings. The number of hydrogen-bond donors (Lipinski definition) is 0. The second-order valence-electron chi connectivity index (χ2n) is 4.22. The van der Waals surface area contributed by atoms with E-state index in [0.717, 1.165) is 0 Å². The van der Waals surface area contributed by atoms with Crippen molar-refractivity contribution in [3.8, 4) is 11.9 Å². The molecule has 0 atom stereocenters. The summed E-state index contributed by atoms with van der Waals surface area (Å²) in [5.41, 5.74) is 0.905. The summed E-state index contributed by atoms with van der Waals surface area (Å²) in [4.78, 5) is 0. The van der Waals surface area contributed by atoms with Crippen LogP contribution in [0.15, 0.2) is 0 Å². The molecular formula is C10H15N3O. The van der Waals surface area contributed by atoms with Gasteiger partial charge in [-0.25, -0.2) is 4.68 Å². The number of nitrogens with zero attached hydrogens (tertiary/aromatic N) is 3. The van der Waals surface area contributed by atoms with Gasteiger partial charge in [0.15, 0.2) is 0 Å². The number of aryl methyl sites for hydroxylation is 2. The van der Waals surface area contributed by atoms with Crippen molar-refractivity contribution >= 4 is 0 Å². The van der Waals surface area contributed by atoms with Crippen molar-refractivity contribution in [2.24, 2.45) is 7.05 Å². The number of rotatable bonds is 1. The Morgan fingerprint density at radius 2 is 2.00 bits per heavy atom. The molecule has 0 unspecified atom stereocenters. The van der Waals surface area contributed by atoms with Crippen LogP contribution in [-0.2, 0) is 7.05 Å². The fraction of sp³-hybridized carbons (Fsp3) is 0.600. The minimum atomic E-state index is -0.314. The first-order valence-electron chi connectivity index (χ1n) is 4.48. The third kappa shape index (κ3) is 2.05. The van der Waals surface area contributed by atoms with Crippen LogP contribution < -0.4 is 4.74 Å². The van der Waals surface area contributed by atoms with E-state index >= 15 is 0 Å². The minimum Gasteiger partial charge on any atom is -0.471 e. The first kappa shape index (κ1) is 10.6. The Morgan fingerprint density at radius 3 is 2.43 bits per heavy atom. The van der Waals surface area contributed by atoms with Gasteiger partial charge in [-0.1, -0.05) is 0 Å². The molecule has 0 bridgehead atoms. The molecular weight excluding hydrogens is 178 g/mol. The van der Waals surface area contributed by atoms with Gasteiger partial charge < -0.3 is 4.74 Å². The lowest BCUT2D eigenvalue weighted by molar-refractivity contribution is 0.117. The van der Waals surface area contributed by atoms with Gasteiger partial charge in [-0.15, -0.1) is 0 Å². The van der Waals surface area contributed by atoms with Gasteiger partial charge in [-0.2, -0.15) is 10.4 Å². The lowest BCUT2D eigenvalue weighted by Gasteiger charge is -2.20. The van der Waals surface area contributed by atoms with Crippen LogP contribution >= 0.6 is 0 Å². The van der Waals surface area contributed by atoms with Crippen LogP contribution in [0, 0.1) is 18.3 Å². The molecule has 0 aliphatic rings. The van der Waals surface area contributed by atoms with Crippen LogP contribution in [0.5, 0.6) is 5.88 Å². The van der Waals surface area contributed by atoms with Crippen LogP contribution in [0.4, 0.5) is 0 Å². The lowest BCUT2D eigenvalue weighted by atomic mass is 10.2. The average Bonchev–Trinajstić information content (AvgIpc) is 2.24. The molecule has 0 saturated heterocycles. The van der Waals surface area contributed by atoms with E-state index in [-0.39, 0.29) is 5.60 Å². The maximum Gasteiger partial charge on any atom is 0.230 e. The Bertz CT molecular complexity index is 379. The van der Waals surface area contributed by atoms with Crippen molar-refractivity contribution < 1.29 is 4.74 Å². The molecule has 0 radical (unpaired) electrons. The normalized spacial score (nSPS) is 11.1. The van der Waals surface area contributed by atoms with Gasteiger partial charge in [0.05, 0.1) is 5.69 Å². The summed E-state index contributed by atoms with van der Waals surface area (Å²) in [6.45, 7) is 7.62. The van der Waals surface area contributed by atoms with Crippen LogP contribution in [-0.4, -0.2) is 15.4 Å². The molecule has 0 aliphatic heterocycles. The SMILES string of the molecule is Cc1nn(C)c(OC(C)(C)C)c1C#N. The smallest absolute Gasteiger partial charge is 0.230 e. The molecule has 0 aliphatic carbocycles. The molecule has 76 valence electrons. The number of ether oxygens (including phenoxy) is 1. The molecule has 0 amide bonds. The van der Waals surface area contributed by atoms with Crippen LogP contribution in [0.1, 0.15) is 32.0 Å². The Kier molecular flexibility index (Phi) is 2.52. The summed E-state index contributed by atoms with van der Waals surface area (Å²) < 4.78 is 7.25. The summed E-state index contributed by atoms with van der Waals surface area (Å²) in [5, 5.41) is 13.1. The maximum atomic E-state index is 8.93. The number of nitriles is 1. The predicted octanol–water partition coefficient (Wildman–Crippen LogP) is 1.78. The Labute approximate surface area is 84.1 Å². The molecule has 0 aromatic carbocycles. The van der Waals surface area contributed by atoms with Crippen LogP contribution in [0.2, 0.25) is 0 Å². The van der Waals surface area contributed by atoms with Crippen molar-refractivity contribution in [1.29, 1.82) is 5.26 Å². The van der Waals surface area contributed by atoms with Crippen molar-refractivity contribution in [2.45, 2.75) is 33.3 Å². The Morgan fingerprint density at radius 1 is 1.43 bits per heavy atom. The van der Waals surface area contributed by atoms with E-state index in [2.05, 4.69) is 11.2 Å². The topological polar surface area (TPSA) is 50.8 Å². The van der Waals surface area contributed by atoms with Gasteiger partial charge in [0, 0.05) is 7.05 Å². The Hall–Kier alpha value is -1.50. The van der Waals surface area contributed by atoms with Gasteiger partial charge in [0.25, 0.3) is 0 Å². The Balaban J connectivity index is 3.15. The molecule has 1 rings (SSSR count). The van der Waals surface area contributed by atoms with E-state index in [1.54, 1.807) is 18.7 Å². The second kappa shape index (κ2) is 3.33. The summed E-state index contributed by atoms with van der Waals surface area (Å²) in [5.74, 6) is 0.539. The van der Waals surface area contributed by atoms with Gasteiger partial charge in [-0.05, 0) is 27.7 Å². The third-order valence-corrected chi connectivity index (χ3v) is 1.68. The first-order valence-corrected chi connectivity index (χ1v) is 4.48. The van der Waals surface area contributed by atoms with E-state index < -0.39 is 0 Å². The van der Waals surface area contributed by atoms with Gasteiger partial charge in [-0.3, -0.25) is 0 Å². The zero-order chi connectivity index (χ0) is 10.9. The van der Waals surface area contributed by atoms with Crippen molar-refractivity contribution in [1.82, 2.24) is 9.78 Å². The fourth-order valence-electron chi connectivity index (χ4n) is 1.17. The molecule has 0 saturated carbocycles. The highest BCUT2D eigenvalue weighted by Crippen LogP contribution is 2.24. The monoisotopic (exact) mass is 193 g/mol. The zero-order valence-corrected chi connectivity index (χ0v) is 9.25. The van der Waals surface area contributed by atoms with Crippen molar-refractivity contribution in [2.75, 3.05) is 0 Å². The molecule has 4 heteroatoms. The summed E-state index contributed by atoms with van der Waals surface area (Å²) >= 11 is 0. The molecule has 0 spiro atoms. The molecule has 1 heterocycles. The highest BCUT2D eigenvalue weighted by molar-refractivity contribution is 5.42. The number of aromatic nitrogens is 2. The predicted molar refractivity (Wildman–Crippen MR) is 53.0 cm³/mol. The molecule has 4 nitrogen and oxygen atoms in total. The summed E-state index contributed by atoms with van der Waals surface area (Å²) in [7, 11) is 1.77. The summed E-state index contributed by atoms with van der Waals surface area (Å²) in [6, 6.07) is 2.10. The van der Waals surface area contributed by atoms with E-state index in [0.29, 0.717) is 17.1 Å². The quantitative estimate of drug-likeness (QED) is 0.683. The van der Waals surface area contributed by atoms with Gasteiger partial charge in [0.1, 0.15) is 17.2 Å². The zero-order valence-electron chi connectivity index (χ0n) is 9.25. The van der Waals surface area contributed by atoms with E-state index in [1.165, 1.54) is 0 Å². The van der Waals surface area contributed by atoms with Crippen molar-refractivity contribution in [3.63, 3.8) is 0 Å². The van der Waals surface area contributed by atoms with Crippen LogP contribution in [0.25, 0.3) is 0 Å². The molecule has 0 N–H and O–H groups in total. The lowest BCUT2D eigenvalue weighted by Crippen LogP contribution is -2.24. The highest BCUT2D eigenvalue weighted by atomic mass is 16.5. The summed E-state index contributed by atoms with van der Waals surface area (Å²) in [6.07, 6.45) is 0. The van der Waals surface area contributed by atoms with Crippen LogP contribution in [0.3, 0.4) is 0 Å². The standard InChI is InChI=1S/C10H15N3O/c1-7-8(6-11)9(13(5)12-7)14-10(2,3)4/h1-5H3. The van der Waals surface area contributed by atoms with Gasteiger partial charge in [0.2, 0.25) is 5.88 Å². The van der Waals surface area contributed by atoms with E-state index in [9.17, 15) is 0 Å². The largest absolute Gasteiger partial charge is 0.471 e. The van der Waals surface area contributed by atoms with E-state index in [1.807, 2.05) is 20.8 Å². The molecule has 14 heavy (non-hydrogen) atoms.